The molecule has 0 amide bonds. The van der Waals surface area contributed by atoms with E-state index in [1.807, 2.05) is 11.3 Å². The highest BCUT2D eigenvalue weighted by molar-refractivity contribution is 7.10. The molecule has 0 saturated heterocycles. The van der Waals surface area contributed by atoms with E-state index in [1.54, 1.807) is 10.4 Å². The summed E-state index contributed by atoms with van der Waals surface area (Å²) in [7, 11) is 0. The van der Waals surface area contributed by atoms with Crippen LogP contribution in [-0.2, 0) is 13.0 Å². The molecule has 1 aromatic rings. The largest absolute Gasteiger partial charge is 0.309 e. The molecule has 0 aromatic carbocycles. The minimum atomic E-state index is 0.840. The van der Waals surface area contributed by atoms with Crippen LogP contribution < -0.4 is 5.32 Å². The molecular formula is C14H21NS. The Morgan fingerprint density at radius 2 is 2.00 bits per heavy atom. The molecule has 1 heterocycles. The third kappa shape index (κ3) is 2.33. The fourth-order valence-electron chi connectivity index (χ4n) is 2.68. The zero-order valence-corrected chi connectivity index (χ0v) is 10.9. The normalized spacial score (nSPS) is 20.6. The lowest BCUT2D eigenvalue weighted by Crippen LogP contribution is -2.32. The molecule has 3 rings (SSSR count). The molecule has 1 aromatic heterocycles. The molecule has 2 heteroatoms. The number of hydrogen-bond donors (Lipinski definition) is 1. The van der Waals surface area contributed by atoms with Gasteiger partial charge in [-0.25, -0.2) is 0 Å². The van der Waals surface area contributed by atoms with Gasteiger partial charge < -0.3 is 5.32 Å². The lowest BCUT2D eigenvalue weighted by atomic mass is 10.1. The van der Waals surface area contributed by atoms with Crippen molar-refractivity contribution in [2.45, 2.75) is 51.6 Å². The van der Waals surface area contributed by atoms with Gasteiger partial charge in [-0.15, -0.1) is 11.3 Å². The molecule has 2 aliphatic carbocycles. The molecule has 0 unspecified atom stereocenters. The fourth-order valence-corrected chi connectivity index (χ4v) is 3.60. The summed E-state index contributed by atoms with van der Waals surface area (Å²) < 4.78 is 0. The van der Waals surface area contributed by atoms with E-state index in [2.05, 4.69) is 23.7 Å². The monoisotopic (exact) mass is 235 g/mol. The average Bonchev–Trinajstić information content (AvgIpc) is 3.19. The maximum atomic E-state index is 3.83. The van der Waals surface area contributed by atoms with Crippen LogP contribution in [-0.4, -0.2) is 6.04 Å². The van der Waals surface area contributed by atoms with Crippen LogP contribution in [0, 0.1) is 11.8 Å². The molecule has 0 spiro atoms. The van der Waals surface area contributed by atoms with Crippen LogP contribution >= 0.6 is 11.3 Å². The van der Waals surface area contributed by atoms with Gasteiger partial charge in [0.2, 0.25) is 0 Å². The smallest absolute Gasteiger partial charge is 0.0305 e. The quantitative estimate of drug-likeness (QED) is 0.794. The van der Waals surface area contributed by atoms with Gasteiger partial charge in [0, 0.05) is 17.5 Å². The van der Waals surface area contributed by atoms with Gasteiger partial charge in [-0.3, -0.25) is 0 Å². The summed E-state index contributed by atoms with van der Waals surface area (Å²) in [6.07, 6.45) is 7.06. The Labute approximate surface area is 102 Å². The van der Waals surface area contributed by atoms with E-state index < -0.39 is 0 Å². The Balaban J connectivity index is 1.58. The van der Waals surface area contributed by atoms with Crippen molar-refractivity contribution < 1.29 is 0 Å². The zero-order chi connectivity index (χ0) is 11.0. The van der Waals surface area contributed by atoms with Crippen molar-refractivity contribution in [3.8, 4) is 0 Å². The summed E-state index contributed by atoms with van der Waals surface area (Å²) in [6.45, 7) is 3.36. The van der Waals surface area contributed by atoms with E-state index in [4.69, 9.17) is 0 Å². The van der Waals surface area contributed by atoms with Crippen LogP contribution in [0.5, 0.6) is 0 Å². The molecule has 0 radical (unpaired) electrons. The standard InChI is InChI=1S/C14H21NS/c1-2-10-7-8-16-13(10)9-15-14(11-3-4-11)12-5-6-12/h7-8,11-12,14-15H,2-6,9H2,1H3. The van der Waals surface area contributed by atoms with Crippen LogP contribution in [0.1, 0.15) is 43.0 Å². The van der Waals surface area contributed by atoms with Crippen molar-refractivity contribution >= 4 is 11.3 Å². The molecule has 2 aliphatic rings. The van der Waals surface area contributed by atoms with Crippen LogP contribution in [0.4, 0.5) is 0 Å². The summed E-state index contributed by atoms with van der Waals surface area (Å²) in [5.74, 6) is 2.02. The number of rotatable bonds is 6. The first-order chi connectivity index (χ1) is 7.88. The second-order valence-electron chi connectivity index (χ2n) is 5.30. The van der Waals surface area contributed by atoms with Crippen molar-refractivity contribution in [2.75, 3.05) is 0 Å². The zero-order valence-electron chi connectivity index (χ0n) is 10.0. The van der Waals surface area contributed by atoms with Crippen molar-refractivity contribution in [3.63, 3.8) is 0 Å². The molecule has 1 nitrogen and oxygen atoms in total. The van der Waals surface area contributed by atoms with Gasteiger partial charge >= 0.3 is 0 Å². The first-order valence-electron chi connectivity index (χ1n) is 6.67. The highest BCUT2D eigenvalue weighted by atomic mass is 32.1. The Morgan fingerprint density at radius 1 is 1.31 bits per heavy atom. The number of nitrogens with one attached hydrogen (secondary N) is 1. The van der Waals surface area contributed by atoms with E-state index in [1.165, 1.54) is 32.1 Å². The third-order valence-electron chi connectivity index (χ3n) is 3.98. The molecule has 0 atom stereocenters. The van der Waals surface area contributed by atoms with Crippen LogP contribution in [0.3, 0.4) is 0 Å². The van der Waals surface area contributed by atoms with Gasteiger partial charge in [-0.2, -0.15) is 0 Å². The van der Waals surface area contributed by atoms with E-state index >= 15 is 0 Å². The molecule has 1 N–H and O–H groups in total. The van der Waals surface area contributed by atoms with Crippen LogP contribution in [0.2, 0.25) is 0 Å². The summed E-state index contributed by atoms with van der Waals surface area (Å²) in [6, 6.07) is 3.12. The highest BCUT2D eigenvalue weighted by Crippen LogP contribution is 2.44. The Bertz CT molecular complexity index is 337. The van der Waals surface area contributed by atoms with Gasteiger partial charge in [0.15, 0.2) is 0 Å². The molecule has 88 valence electrons. The lowest BCUT2D eigenvalue weighted by molar-refractivity contribution is 0.417. The number of thiophene rings is 1. The molecule has 0 aliphatic heterocycles. The summed E-state index contributed by atoms with van der Waals surface area (Å²) >= 11 is 1.92. The van der Waals surface area contributed by atoms with E-state index in [9.17, 15) is 0 Å². The first kappa shape index (κ1) is 10.8. The average molecular weight is 235 g/mol. The summed E-state index contributed by atoms with van der Waals surface area (Å²) in [5, 5.41) is 6.07. The number of aryl methyl sites for hydroxylation is 1. The summed E-state index contributed by atoms with van der Waals surface area (Å²) in [5.41, 5.74) is 1.54. The molecule has 16 heavy (non-hydrogen) atoms. The first-order valence-corrected chi connectivity index (χ1v) is 7.55. The van der Waals surface area contributed by atoms with Crippen molar-refractivity contribution in [2.24, 2.45) is 11.8 Å². The van der Waals surface area contributed by atoms with Crippen LogP contribution in [0.25, 0.3) is 0 Å². The van der Waals surface area contributed by atoms with E-state index in [-0.39, 0.29) is 0 Å². The highest BCUT2D eigenvalue weighted by Gasteiger charge is 2.40. The van der Waals surface area contributed by atoms with E-state index in [0.29, 0.717) is 0 Å². The minimum Gasteiger partial charge on any atom is -0.309 e. The lowest BCUT2D eigenvalue weighted by Gasteiger charge is -2.17. The van der Waals surface area contributed by atoms with E-state index in [0.717, 1.165) is 24.4 Å². The van der Waals surface area contributed by atoms with Crippen molar-refractivity contribution in [3.05, 3.63) is 21.9 Å². The fraction of sp³-hybridized carbons (Fsp3) is 0.714. The van der Waals surface area contributed by atoms with Gasteiger partial charge in [0.25, 0.3) is 0 Å². The van der Waals surface area contributed by atoms with Gasteiger partial charge in [-0.1, -0.05) is 6.92 Å². The maximum absolute atomic E-state index is 3.83. The second-order valence-corrected chi connectivity index (χ2v) is 6.30. The second kappa shape index (κ2) is 4.50. The molecule has 2 fully saturated rings. The maximum Gasteiger partial charge on any atom is 0.0305 e. The molecule has 0 bridgehead atoms. The van der Waals surface area contributed by atoms with Gasteiger partial charge in [0.1, 0.15) is 0 Å². The summed E-state index contributed by atoms with van der Waals surface area (Å²) in [4.78, 5) is 1.56. The topological polar surface area (TPSA) is 12.0 Å². The molecule has 2 saturated carbocycles. The predicted molar refractivity (Wildman–Crippen MR) is 69.8 cm³/mol. The van der Waals surface area contributed by atoms with Gasteiger partial charge in [-0.05, 0) is 60.9 Å². The van der Waals surface area contributed by atoms with Gasteiger partial charge in [0.05, 0.1) is 0 Å². The number of hydrogen-bond acceptors (Lipinski definition) is 2. The van der Waals surface area contributed by atoms with Crippen molar-refractivity contribution in [1.82, 2.24) is 5.32 Å². The SMILES string of the molecule is CCc1ccsc1CNC(C1CC1)C1CC1. The minimum absolute atomic E-state index is 0.840. The Morgan fingerprint density at radius 3 is 2.56 bits per heavy atom. The molecular weight excluding hydrogens is 214 g/mol. The Kier molecular flexibility index (Phi) is 3.03. The van der Waals surface area contributed by atoms with Crippen LogP contribution in [0.15, 0.2) is 11.4 Å². The Hall–Kier alpha value is -0.340. The predicted octanol–water partition coefficient (Wildman–Crippen LogP) is 3.59. The third-order valence-corrected chi connectivity index (χ3v) is 4.94. The van der Waals surface area contributed by atoms with Crippen molar-refractivity contribution in [1.29, 1.82) is 0 Å².